The molecule has 1 rings (SSSR count). The molecule has 0 fully saturated rings. The van der Waals surface area contributed by atoms with Crippen LogP contribution < -0.4 is 5.73 Å². The van der Waals surface area contributed by atoms with Gasteiger partial charge in [0.15, 0.2) is 9.84 Å². The summed E-state index contributed by atoms with van der Waals surface area (Å²) >= 11 is 0. The van der Waals surface area contributed by atoms with E-state index in [-0.39, 0.29) is 29.2 Å². The third-order valence-corrected chi connectivity index (χ3v) is 4.78. The Morgan fingerprint density at radius 3 is 2.29 bits per heavy atom. The van der Waals surface area contributed by atoms with E-state index in [2.05, 4.69) is 13.8 Å². The first-order valence-corrected chi connectivity index (χ1v) is 8.66. The first-order valence-electron chi connectivity index (χ1n) is 7.01. The van der Waals surface area contributed by atoms with Crippen LogP contribution in [0.1, 0.15) is 32.8 Å². The Morgan fingerprint density at radius 2 is 1.81 bits per heavy atom. The maximum Gasteiger partial charge on any atom is 0.180 e. The number of amidine groups is 1. The molecule has 118 valence electrons. The molecule has 0 aliphatic carbocycles. The van der Waals surface area contributed by atoms with Crippen molar-refractivity contribution in [3.8, 4) is 0 Å². The van der Waals surface area contributed by atoms with Crippen molar-refractivity contribution in [3.05, 3.63) is 29.8 Å². The van der Waals surface area contributed by atoms with E-state index in [0.717, 1.165) is 6.42 Å². The van der Waals surface area contributed by atoms with Gasteiger partial charge in [0.05, 0.1) is 23.4 Å². The van der Waals surface area contributed by atoms with E-state index in [0.29, 0.717) is 11.5 Å². The van der Waals surface area contributed by atoms with Crippen LogP contribution in [-0.4, -0.2) is 32.7 Å². The summed E-state index contributed by atoms with van der Waals surface area (Å²) in [6, 6.07) is 6.03. The Kier molecular flexibility index (Phi) is 6.36. The van der Waals surface area contributed by atoms with Crippen LogP contribution in [0.25, 0.3) is 0 Å². The van der Waals surface area contributed by atoms with Gasteiger partial charge in [-0.15, -0.1) is 0 Å². The van der Waals surface area contributed by atoms with Crippen molar-refractivity contribution in [2.75, 3.05) is 12.4 Å². The largest absolute Gasteiger partial charge is 0.384 e. The average molecular weight is 312 g/mol. The summed E-state index contributed by atoms with van der Waals surface area (Å²) in [5, 5.41) is 7.28. The van der Waals surface area contributed by atoms with Crippen LogP contribution >= 0.6 is 0 Å². The Morgan fingerprint density at radius 1 is 1.24 bits per heavy atom. The summed E-state index contributed by atoms with van der Waals surface area (Å²) in [5.41, 5.74) is 5.85. The highest BCUT2D eigenvalue weighted by molar-refractivity contribution is 7.91. The van der Waals surface area contributed by atoms with Gasteiger partial charge < -0.3 is 10.5 Å². The maximum absolute atomic E-state index is 12.2. The molecule has 21 heavy (non-hydrogen) atoms. The second-order valence-corrected chi connectivity index (χ2v) is 7.68. The van der Waals surface area contributed by atoms with Gasteiger partial charge in [-0.2, -0.15) is 0 Å². The van der Waals surface area contributed by atoms with Crippen molar-refractivity contribution in [1.82, 2.24) is 0 Å². The highest BCUT2D eigenvalue weighted by atomic mass is 32.2. The molecule has 0 spiro atoms. The number of nitrogens with one attached hydrogen (secondary N) is 1. The van der Waals surface area contributed by atoms with Crippen molar-refractivity contribution in [3.63, 3.8) is 0 Å². The van der Waals surface area contributed by atoms with Crippen LogP contribution in [0.15, 0.2) is 29.2 Å². The molecule has 3 N–H and O–H groups in total. The van der Waals surface area contributed by atoms with Crippen LogP contribution in [-0.2, 0) is 14.6 Å². The smallest absolute Gasteiger partial charge is 0.180 e. The second-order valence-electron chi connectivity index (χ2n) is 5.57. The van der Waals surface area contributed by atoms with Crippen LogP contribution in [0.4, 0.5) is 0 Å². The van der Waals surface area contributed by atoms with E-state index in [4.69, 9.17) is 15.9 Å². The lowest BCUT2D eigenvalue weighted by Gasteiger charge is -2.15. The van der Waals surface area contributed by atoms with Crippen molar-refractivity contribution < 1.29 is 13.2 Å². The fraction of sp³-hybridized carbons (Fsp3) is 0.533. The van der Waals surface area contributed by atoms with Crippen LogP contribution in [0, 0.1) is 11.3 Å². The second kappa shape index (κ2) is 7.56. The third kappa shape index (κ3) is 5.85. The molecule has 5 nitrogen and oxygen atoms in total. The van der Waals surface area contributed by atoms with Crippen molar-refractivity contribution in [2.24, 2.45) is 11.7 Å². The summed E-state index contributed by atoms with van der Waals surface area (Å²) < 4.78 is 29.8. The summed E-state index contributed by atoms with van der Waals surface area (Å²) in [7, 11) is -3.36. The first-order chi connectivity index (χ1) is 9.72. The predicted octanol–water partition coefficient (Wildman–Crippen LogP) is 2.20. The molecule has 1 aromatic rings. The SMILES string of the molecule is CC(C)CC(C)OCCS(=O)(=O)c1ccc(C(=N)N)cc1. The normalized spacial score (nSPS) is 13.3. The number of benzene rings is 1. The molecule has 0 aromatic heterocycles. The molecule has 0 saturated carbocycles. The Hall–Kier alpha value is -1.40. The van der Waals surface area contributed by atoms with Crippen LogP contribution in [0.3, 0.4) is 0 Å². The summed E-state index contributed by atoms with van der Waals surface area (Å²) in [6.45, 7) is 6.35. The van der Waals surface area contributed by atoms with Gasteiger partial charge in [-0.25, -0.2) is 8.42 Å². The van der Waals surface area contributed by atoms with E-state index < -0.39 is 9.84 Å². The lowest BCUT2D eigenvalue weighted by atomic mass is 10.1. The Balaban J connectivity index is 2.59. The topological polar surface area (TPSA) is 93.2 Å². The van der Waals surface area contributed by atoms with Crippen molar-refractivity contribution in [1.29, 1.82) is 5.41 Å². The molecule has 1 atom stereocenters. The van der Waals surface area contributed by atoms with E-state index in [1.807, 2.05) is 6.92 Å². The fourth-order valence-corrected chi connectivity index (χ4v) is 3.15. The molecular weight excluding hydrogens is 288 g/mol. The minimum Gasteiger partial charge on any atom is -0.384 e. The molecule has 6 heteroatoms. The Labute approximate surface area is 126 Å². The quantitative estimate of drug-likeness (QED) is 0.568. The van der Waals surface area contributed by atoms with Crippen LogP contribution in [0.2, 0.25) is 0 Å². The molecule has 0 bridgehead atoms. The fourth-order valence-electron chi connectivity index (χ4n) is 2.05. The summed E-state index contributed by atoms with van der Waals surface area (Å²) in [6.07, 6.45) is 0.966. The highest BCUT2D eigenvalue weighted by Gasteiger charge is 2.15. The molecule has 0 aliphatic rings. The molecule has 0 heterocycles. The molecule has 0 saturated heterocycles. The van der Waals surface area contributed by atoms with Gasteiger partial charge in [-0.3, -0.25) is 5.41 Å². The lowest BCUT2D eigenvalue weighted by molar-refractivity contribution is 0.0627. The van der Waals surface area contributed by atoms with Crippen molar-refractivity contribution >= 4 is 15.7 Å². The predicted molar refractivity (Wildman–Crippen MR) is 84.4 cm³/mol. The average Bonchev–Trinajstić information content (AvgIpc) is 2.37. The van der Waals surface area contributed by atoms with E-state index in [1.54, 1.807) is 0 Å². The number of hydrogen-bond acceptors (Lipinski definition) is 4. The van der Waals surface area contributed by atoms with E-state index in [9.17, 15) is 8.42 Å². The number of sulfone groups is 1. The van der Waals surface area contributed by atoms with Gasteiger partial charge in [0.25, 0.3) is 0 Å². The van der Waals surface area contributed by atoms with Gasteiger partial charge in [0.2, 0.25) is 0 Å². The zero-order chi connectivity index (χ0) is 16.0. The minimum absolute atomic E-state index is 0.0468. The number of rotatable bonds is 8. The number of nitrogen functional groups attached to an aromatic ring is 1. The minimum atomic E-state index is -3.36. The number of ether oxygens (including phenoxy) is 1. The summed E-state index contributed by atoms with van der Waals surface area (Å²) in [4.78, 5) is 0.229. The highest BCUT2D eigenvalue weighted by Crippen LogP contribution is 2.13. The molecular formula is C15H24N2O3S. The number of hydrogen-bond donors (Lipinski definition) is 2. The van der Waals surface area contributed by atoms with E-state index >= 15 is 0 Å². The molecule has 1 aromatic carbocycles. The van der Waals surface area contributed by atoms with Crippen LogP contribution in [0.5, 0.6) is 0 Å². The van der Waals surface area contributed by atoms with Gasteiger partial charge in [0.1, 0.15) is 5.84 Å². The van der Waals surface area contributed by atoms with Crippen molar-refractivity contribution in [2.45, 2.75) is 38.2 Å². The Bertz CT molecular complexity index is 565. The van der Waals surface area contributed by atoms with Gasteiger partial charge in [0, 0.05) is 5.56 Å². The third-order valence-electron chi connectivity index (χ3n) is 3.08. The maximum atomic E-state index is 12.2. The molecule has 0 radical (unpaired) electrons. The van der Waals surface area contributed by atoms with Gasteiger partial charge in [-0.1, -0.05) is 26.0 Å². The lowest BCUT2D eigenvalue weighted by Crippen LogP contribution is -2.18. The number of nitrogens with two attached hydrogens (primary N) is 1. The summed E-state index contributed by atoms with van der Waals surface area (Å²) in [5.74, 6) is 0.398. The molecule has 0 amide bonds. The van der Waals surface area contributed by atoms with Gasteiger partial charge in [-0.05, 0) is 31.4 Å². The standard InChI is InChI=1S/C15H24N2O3S/c1-11(2)10-12(3)20-8-9-21(18,19)14-6-4-13(5-7-14)15(16)17/h4-7,11-12H,8-10H2,1-3H3,(H3,16,17). The zero-order valence-electron chi connectivity index (χ0n) is 12.8. The first kappa shape index (κ1) is 17.7. The zero-order valence-corrected chi connectivity index (χ0v) is 13.6. The monoisotopic (exact) mass is 312 g/mol. The molecule has 0 aliphatic heterocycles. The van der Waals surface area contributed by atoms with Gasteiger partial charge >= 0.3 is 0 Å². The van der Waals surface area contributed by atoms with E-state index in [1.165, 1.54) is 24.3 Å². The molecule has 1 unspecified atom stereocenters.